The molecule has 0 spiro atoms. The van der Waals surface area contributed by atoms with Gasteiger partial charge in [0.15, 0.2) is 0 Å². The van der Waals surface area contributed by atoms with Crippen molar-refractivity contribution in [2.24, 2.45) is 0 Å². The van der Waals surface area contributed by atoms with Gasteiger partial charge in [-0.2, -0.15) is 5.26 Å². The molecule has 0 bridgehead atoms. The average Bonchev–Trinajstić information content (AvgIpc) is 2.98. The van der Waals surface area contributed by atoms with Gasteiger partial charge in [-0.3, -0.25) is 14.5 Å². The Morgan fingerprint density at radius 1 is 1.03 bits per heavy atom. The third kappa shape index (κ3) is 5.06. The molecule has 0 radical (unpaired) electrons. The predicted molar refractivity (Wildman–Crippen MR) is 133 cm³/mol. The average molecular weight is 500 g/mol. The summed E-state index contributed by atoms with van der Waals surface area (Å²) in [5.41, 5.74) is 1.39. The molecular weight excluding hydrogens is 477 g/mol. The maximum atomic E-state index is 13.6. The fourth-order valence-electron chi connectivity index (χ4n) is 4.13. The van der Waals surface area contributed by atoms with E-state index in [-0.39, 0.29) is 17.4 Å². The summed E-state index contributed by atoms with van der Waals surface area (Å²) in [6.45, 7) is 1.26. The van der Waals surface area contributed by atoms with Crippen LogP contribution in [-0.4, -0.2) is 35.1 Å². The van der Waals surface area contributed by atoms with Crippen molar-refractivity contribution in [1.82, 2.24) is 4.90 Å². The minimum absolute atomic E-state index is 0.0128. The lowest BCUT2D eigenvalue weighted by Crippen LogP contribution is -2.35. The van der Waals surface area contributed by atoms with Gasteiger partial charge in [-0.15, -0.1) is 0 Å². The van der Waals surface area contributed by atoms with Crippen LogP contribution in [0.1, 0.15) is 31.2 Å². The van der Waals surface area contributed by atoms with Crippen LogP contribution in [0.3, 0.4) is 0 Å². The van der Waals surface area contributed by atoms with Crippen molar-refractivity contribution in [3.63, 3.8) is 0 Å². The van der Waals surface area contributed by atoms with Crippen molar-refractivity contribution in [3.8, 4) is 6.07 Å². The largest absolute Gasteiger partial charge is 0.338 e. The van der Waals surface area contributed by atoms with E-state index in [0.717, 1.165) is 31.2 Å². The zero-order chi connectivity index (χ0) is 23.4. The number of anilines is 1. The first-order valence-electron chi connectivity index (χ1n) is 10.9. The highest BCUT2D eigenvalue weighted by Crippen LogP contribution is 2.43. The maximum absolute atomic E-state index is 13.6. The number of hydrogen-bond acceptors (Lipinski definition) is 4. The van der Waals surface area contributed by atoms with E-state index in [4.69, 9.17) is 23.2 Å². The van der Waals surface area contributed by atoms with Gasteiger partial charge >= 0.3 is 0 Å². The number of benzene rings is 2. The molecule has 0 N–H and O–H groups in total. The van der Waals surface area contributed by atoms with Gasteiger partial charge < -0.3 is 4.90 Å². The van der Waals surface area contributed by atoms with E-state index in [0.29, 0.717) is 40.3 Å². The van der Waals surface area contributed by atoms with Crippen LogP contribution in [0.5, 0.6) is 0 Å². The molecule has 2 aromatic carbocycles. The summed E-state index contributed by atoms with van der Waals surface area (Å²) in [5, 5.41) is 10.7. The molecule has 2 heterocycles. The minimum atomic E-state index is -0.531. The zero-order valence-electron chi connectivity index (χ0n) is 18.0. The van der Waals surface area contributed by atoms with E-state index < -0.39 is 5.25 Å². The topological polar surface area (TPSA) is 64.4 Å². The molecule has 2 aliphatic rings. The van der Waals surface area contributed by atoms with Gasteiger partial charge in [0.05, 0.1) is 15.3 Å². The highest BCUT2D eigenvalue weighted by molar-refractivity contribution is 8.05. The second-order valence-electron chi connectivity index (χ2n) is 8.03. The van der Waals surface area contributed by atoms with Crippen molar-refractivity contribution in [1.29, 1.82) is 5.26 Å². The molecule has 0 aliphatic carbocycles. The predicted octanol–water partition coefficient (Wildman–Crippen LogP) is 5.82. The zero-order valence-corrected chi connectivity index (χ0v) is 20.3. The van der Waals surface area contributed by atoms with Crippen molar-refractivity contribution < 1.29 is 9.59 Å². The molecule has 0 saturated carbocycles. The Bertz CT molecular complexity index is 1120. The van der Waals surface area contributed by atoms with E-state index in [1.807, 2.05) is 24.3 Å². The summed E-state index contributed by atoms with van der Waals surface area (Å²) < 4.78 is 0. The standard InChI is InChI=1S/C25H23Cl2N3O2S/c26-20-12-8-9-17(22(20)27)15-21-24(32)30(18-10-4-3-5-11-18)25(33-21)19(16-28)23(31)29-13-6-1-2-7-14-29/h3-5,8-12,21H,1-2,6-7,13-15H2. The maximum Gasteiger partial charge on any atom is 0.267 e. The van der Waals surface area contributed by atoms with Crippen molar-refractivity contribution in [3.05, 3.63) is 74.7 Å². The van der Waals surface area contributed by atoms with Crippen LogP contribution in [-0.2, 0) is 16.0 Å². The number of likely N-dealkylation sites (tertiary alicyclic amines) is 1. The molecule has 0 aromatic heterocycles. The van der Waals surface area contributed by atoms with Crippen LogP contribution in [0.15, 0.2) is 59.1 Å². The molecule has 1 unspecified atom stereocenters. The van der Waals surface area contributed by atoms with E-state index in [2.05, 4.69) is 6.07 Å². The molecule has 2 aliphatic heterocycles. The molecular formula is C25H23Cl2N3O2S. The third-order valence-electron chi connectivity index (χ3n) is 5.84. The Morgan fingerprint density at radius 3 is 2.39 bits per heavy atom. The summed E-state index contributed by atoms with van der Waals surface area (Å²) in [7, 11) is 0. The van der Waals surface area contributed by atoms with Gasteiger partial charge in [-0.1, -0.05) is 78.1 Å². The summed E-state index contributed by atoms with van der Waals surface area (Å²) in [4.78, 5) is 30.2. The number of nitriles is 1. The second-order valence-corrected chi connectivity index (χ2v) is 10.0. The number of hydrogen-bond donors (Lipinski definition) is 0. The van der Waals surface area contributed by atoms with E-state index in [1.54, 1.807) is 29.2 Å². The number of amides is 2. The lowest BCUT2D eigenvalue weighted by atomic mass is 10.1. The van der Waals surface area contributed by atoms with Crippen LogP contribution in [0.2, 0.25) is 10.0 Å². The first-order chi connectivity index (χ1) is 16.0. The summed E-state index contributed by atoms with van der Waals surface area (Å²) in [6.07, 6.45) is 4.34. The number of carbonyl (C=O) groups is 2. The Hall–Kier alpha value is -2.46. The lowest BCUT2D eigenvalue weighted by Gasteiger charge is -2.23. The van der Waals surface area contributed by atoms with Gasteiger partial charge in [-0.25, -0.2) is 0 Å². The van der Waals surface area contributed by atoms with E-state index in [9.17, 15) is 14.9 Å². The van der Waals surface area contributed by atoms with Crippen LogP contribution in [0.25, 0.3) is 0 Å². The molecule has 4 rings (SSSR count). The van der Waals surface area contributed by atoms with E-state index >= 15 is 0 Å². The fraction of sp³-hybridized carbons (Fsp3) is 0.320. The van der Waals surface area contributed by atoms with Crippen molar-refractivity contribution >= 4 is 52.5 Å². The van der Waals surface area contributed by atoms with Crippen molar-refractivity contribution in [2.45, 2.75) is 37.4 Å². The molecule has 2 aromatic rings. The van der Waals surface area contributed by atoms with Gasteiger partial charge in [-0.05, 0) is 43.0 Å². The Balaban J connectivity index is 1.73. The fourth-order valence-corrected chi connectivity index (χ4v) is 5.82. The number of carbonyl (C=O) groups excluding carboxylic acids is 2. The van der Waals surface area contributed by atoms with Crippen molar-refractivity contribution in [2.75, 3.05) is 18.0 Å². The number of thioether (sulfide) groups is 1. The molecule has 8 heteroatoms. The van der Waals surface area contributed by atoms with Crippen LogP contribution in [0, 0.1) is 11.3 Å². The summed E-state index contributed by atoms with van der Waals surface area (Å²) in [5.74, 6) is -0.495. The van der Waals surface area contributed by atoms with E-state index in [1.165, 1.54) is 16.7 Å². The molecule has 2 saturated heterocycles. The SMILES string of the molecule is N#CC(C(=O)N1CCCCCC1)=C1SC(Cc2cccc(Cl)c2Cl)C(=O)N1c1ccccc1. The number of halogens is 2. The quantitative estimate of drug-likeness (QED) is 0.392. The molecule has 33 heavy (non-hydrogen) atoms. The monoisotopic (exact) mass is 499 g/mol. The number of rotatable bonds is 4. The molecule has 2 fully saturated rings. The van der Waals surface area contributed by atoms with Gasteiger partial charge in [0, 0.05) is 18.8 Å². The second kappa shape index (κ2) is 10.6. The number of para-hydroxylation sites is 1. The van der Waals surface area contributed by atoms with Gasteiger partial charge in [0.2, 0.25) is 5.91 Å². The van der Waals surface area contributed by atoms with Crippen LogP contribution < -0.4 is 4.90 Å². The van der Waals surface area contributed by atoms with Crippen LogP contribution >= 0.6 is 35.0 Å². The lowest BCUT2D eigenvalue weighted by molar-refractivity contribution is -0.126. The van der Waals surface area contributed by atoms with Gasteiger partial charge in [0.1, 0.15) is 16.7 Å². The first kappa shape index (κ1) is 23.7. The minimum Gasteiger partial charge on any atom is -0.338 e. The van der Waals surface area contributed by atoms with Gasteiger partial charge in [0.25, 0.3) is 5.91 Å². The highest BCUT2D eigenvalue weighted by Gasteiger charge is 2.41. The Kier molecular flexibility index (Phi) is 7.64. The molecule has 5 nitrogen and oxygen atoms in total. The highest BCUT2D eigenvalue weighted by atomic mass is 35.5. The smallest absolute Gasteiger partial charge is 0.267 e. The molecule has 2 amide bonds. The molecule has 170 valence electrons. The van der Waals surface area contributed by atoms with Crippen LogP contribution in [0.4, 0.5) is 5.69 Å². The summed E-state index contributed by atoms with van der Waals surface area (Å²) in [6, 6.07) is 16.6. The Morgan fingerprint density at radius 2 is 1.73 bits per heavy atom. The normalized spacial score (nSPS) is 20.4. The Labute approximate surface area is 207 Å². The molecule has 1 atom stereocenters. The first-order valence-corrected chi connectivity index (χ1v) is 12.6. The summed E-state index contributed by atoms with van der Waals surface area (Å²) >= 11 is 13.8. The third-order valence-corrected chi connectivity index (χ3v) is 7.96. The number of nitrogens with zero attached hydrogens (tertiary/aromatic N) is 3.